The van der Waals surface area contributed by atoms with Crippen LogP contribution in [0, 0.1) is 11.3 Å². The smallest absolute Gasteiger partial charge is 0.336 e. The highest BCUT2D eigenvalue weighted by Gasteiger charge is 2.41. The van der Waals surface area contributed by atoms with E-state index in [4.69, 9.17) is 4.84 Å². The molecule has 6 nitrogen and oxygen atoms in total. The van der Waals surface area contributed by atoms with Crippen LogP contribution in [0.1, 0.15) is 44.9 Å². The van der Waals surface area contributed by atoms with E-state index in [0.717, 1.165) is 30.2 Å². The second-order valence-electron chi connectivity index (χ2n) is 6.83. The molecule has 3 rings (SSSR count). The van der Waals surface area contributed by atoms with Crippen molar-refractivity contribution in [2.75, 3.05) is 25.9 Å². The van der Waals surface area contributed by atoms with Gasteiger partial charge in [-0.2, -0.15) is 0 Å². The molecule has 2 saturated carbocycles. The van der Waals surface area contributed by atoms with E-state index in [0.29, 0.717) is 18.5 Å². The third-order valence-corrected chi connectivity index (χ3v) is 6.99. The first kappa shape index (κ1) is 15.1. The summed E-state index contributed by atoms with van der Waals surface area (Å²) in [5, 5.41) is 0. The zero-order valence-corrected chi connectivity index (χ0v) is 13.4. The molecule has 0 N–H and O–H groups in total. The fraction of sp³-hybridized carbons (Fsp3) is 0.929. The van der Waals surface area contributed by atoms with Crippen molar-refractivity contribution in [2.45, 2.75) is 44.9 Å². The minimum Gasteiger partial charge on any atom is -0.336 e. The van der Waals surface area contributed by atoms with E-state index in [-0.39, 0.29) is 11.7 Å². The Kier molecular flexibility index (Phi) is 3.90. The van der Waals surface area contributed by atoms with Crippen molar-refractivity contribution in [3.05, 3.63) is 0 Å². The van der Waals surface area contributed by atoms with Gasteiger partial charge >= 0.3 is 6.09 Å². The number of carbonyl (C=O) groups excluding carboxylic acids is 1. The summed E-state index contributed by atoms with van der Waals surface area (Å²) in [6, 6.07) is 0. The summed E-state index contributed by atoms with van der Waals surface area (Å²) in [6.45, 7) is 1.35. The van der Waals surface area contributed by atoms with Gasteiger partial charge < -0.3 is 9.74 Å². The molecule has 1 saturated heterocycles. The van der Waals surface area contributed by atoms with E-state index in [1.54, 1.807) is 4.90 Å². The Bertz CT molecular complexity index is 501. The lowest BCUT2D eigenvalue weighted by molar-refractivity contribution is -0.0389. The first-order valence-corrected chi connectivity index (χ1v) is 9.45. The number of likely N-dealkylation sites (tertiary alicyclic amines) is 1. The molecule has 2 aliphatic carbocycles. The van der Waals surface area contributed by atoms with Crippen LogP contribution >= 0.6 is 0 Å². The first-order valence-electron chi connectivity index (χ1n) is 7.84. The Morgan fingerprint density at radius 1 is 1.24 bits per heavy atom. The van der Waals surface area contributed by atoms with Crippen LogP contribution in [0.15, 0.2) is 0 Å². The minimum absolute atomic E-state index is 0.0832. The Morgan fingerprint density at radius 2 is 1.86 bits per heavy atom. The van der Waals surface area contributed by atoms with E-state index in [9.17, 15) is 13.2 Å². The number of amides is 1. The number of nitrogens with zero attached hydrogens (tertiary/aromatic N) is 2. The lowest BCUT2D eigenvalue weighted by Crippen LogP contribution is -2.47. The summed E-state index contributed by atoms with van der Waals surface area (Å²) in [5.41, 5.74) is 0.459. The molecule has 0 aromatic rings. The molecular weight excluding hydrogens is 292 g/mol. The Hall–Kier alpha value is -0.820. The fourth-order valence-corrected chi connectivity index (χ4v) is 4.57. The molecule has 7 heteroatoms. The second kappa shape index (κ2) is 5.43. The molecule has 1 amide bonds. The van der Waals surface area contributed by atoms with Gasteiger partial charge in [-0.1, -0.05) is 6.42 Å². The van der Waals surface area contributed by atoms with Crippen molar-refractivity contribution in [3.8, 4) is 0 Å². The molecule has 120 valence electrons. The molecule has 0 aromatic heterocycles. The van der Waals surface area contributed by atoms with Crippen LogP contribution in [0.3, 0.4) is 0 Å². The number of hydroxylamine groups is 1. The summed E-state index contributed by atoms with van der Waals surface area (Å²) in [7, 11) is -2.17. The molecule has 0 atom stereocenters. The summed E-state index contributed by atoms with van der Waals surface area (Å²) in [6.07, 6.45) is 7.24. The average molecular weight is 316 g/mol. The standard InChI is InChI=1S/C14H24N2O4S/c1-15(21(18,19)11-12-3-4-12)20-13(17)16-9-7-14(8-10-16)5-2-6-14/h12H,2-11H2,1H3. The van der Waals surface area contributed by atoms with Crippen LogP contribution in [-0.2, 0) is 14.9 Å². The molecule has 1 spiro atoms. The first-order chi connectivity index (χ1) is 9.90. The maximum atomic E-state index is 12.1. The van der Waals surface area contributed by atoms with Gasteiger partial charge in [0.2, 0.25) is 10.0 Å². The average Bonchev–Trinajstić information content (AvgIpc) is 3.20. The number of piperidine rings is 1. The summed E-state index contributed by atoms with van der Waals surface area (Å²) >= 11 is 0. The highest BCUT2D eigenvalue weighted by atomic mass is 32.2. The molecule has 3 aliphatic rings. The van der Waals surface area contributed by atoms with Crippen LogP contribution in [0.25, 0.3) is 0 Å². The van der Waals surface area contributed by atoms with Crippen molar-refractivity contribution in [3.63, 3.8) is 0 Å². The normalized spacial score (nSPS) is 25.0. The number of hydrogen-bond acceptors (Lipinski definition) is 4. The van der Waals surface area contributed by atoms with E-state index < -0.39 is 16.1 Å². The zero-order chi connectivity index (χ0) is 15.1. The van der Waals surface area contributed by atoms with Gasteiger partial charge in [0, 0.05) is 20.1 Å². The quantitative estimate of drug-likeness (QED) is 0.744. The van der Waals surface area contributed by atoms with Crippen LogP contribution in [-0.4, -0.2) is 49.8 Å². The Morgan fingerprint density at radius 3 is 2.33 bits per heavy atom. The molecule has 21 heavy (non-hydrogen) atoms. The minimum atomic E-state index is -3.48. The van der Waals surface area contributed by atoms with Crippen LogP contribution in [0.4, 0.5) is 4.79 Å². The van der Waals surface area contributed by atoms with E-state index in [2.05, 4.69) is 0 Å². The predicted octanol–water partition coefficient (Wildman–Crippen LogP) is 1.98. The van der Waals surface area contributed by atoms with Crippen molar-refractivity contribution in [2.24, 2.45) is 11.3 Å². The monoisotopic (exact) mass is 316 g/mol. The zero-order valence-electron chi connectivity index (χ0n) is 12.6. The summed E-state index contributed by atoms with van der Waals surface area (Å²) < 4.78 is 24.7. The van der Waals surface area contributed by atoms with E-state index in [1.807, 2.05) is 0 Å². The van der Waals surface area contributed by atoms with Crippen molar-refractivity contribution in [1.29, 1.82) is 0 Å². The van der Waals surface area contributed by atoms with Gasteiger partial charge in [0.05, 0.1) is 5.75 Å². The van der Waals surface area contributed by atoms with Gasteiger partial charge in [0.25, 0.3) is 0 Å². The summed E-state index contributed by atoms with van der Waals surface area (Å²) in [5.74, 6) is 0.324. The topological polar surface area (TPSA) is 66.9 Å². The van der Waals surface area contributed by atoms with Crippen molar-refractivity contribution >= 4 is 16.1 Å². The molecule has 0 radical (unpaired) electrons. The van der Waals surface area contributed by atoms with Gasteiger partial charge in [0.1, 0.15) is 0 Å². The third kappa shape index (κ3) is 3.34. The largest absolute Gasteiger partial charge is 0.429 e. The van der Waals surface area contributed by atoms with Gasteiger partial charge in [-0.3, -0.25) is 0 Å². The highest BCUT2D eigenvalue weighted by molar-refractivity contribution is 7.88. The molecule has 0 bridgehead atoms. The summed E-state index contributed by atoms with van der Waals surface area (Å²) in [4.78, 5) is 18.7. The van der Waals surface area contributed by atoms with Gasteiger partial charge in [-0.25, -0.2) is 13.2 Å². The maximum absolute atomic E-state index is 12.1. The molecular formula is C14H24N2O4S. The van der Waals surface area contributed by atoms with Crippen molar-refractivity contribution < 1.29 is 18.0 Å². The Labute approximate surface area is 126 Å². The maximum Gasteiger partial charge on any atom is 0.429 e. The molecule has 0 unspecified atom stereocenters. The number of carbonyl (C=O) groups is 1. The number of sulfonamides is 1. The fourth-order valence-electron chi connectivity index (χ4n) is 3.25. The van der Waals surface area contributed by atoms with Gasteiger partial charge in [0.15, 0.2) is 0 Å². The van der Waals surface area contributed by atoms with E-state index >= 15 is 0 Å². The molecule has 3 fully saturated rings. The molecule has 0 aromatic carbocycles. The predicted molar refractivity (Wildman–Crippen MR) is 77.8 cm³/mol. The SMILES string of the molecule is CN(OC(=O)N1CCC2(CCC2)CC1)S(=O)(=O)CC1CC1. The lowest BCUT2D eigenvalue weighted by atomic mass is 9.63. The third-order valence-electron chi connectivity index (χ3n) is 5.24. The van der Waals surface area contributed by atoms with Gasteiger partial charge in [-0.15, -0.1) is 0 Å². The second-order valence-corrected chi connectivity index (χ2v) is 8.84. The molecule has 1 heterocycles. The highest BCUT2D eigenvalue weighted by Crippen LogP contribution is 2.48. The van der Waals surface area contributed by atoms with Crippen LogP contribution in [0.2, 0.25) is 0 Å². The lowest BCUT2D eigenvalue weighted by Gasteiger charge is -2.47. The molecule has 1 aliphatic heterocycles. The van der Waals surface area contributed by atoms with Crippen LogP contribution < -0.4 is 0 Å². The number of hydrogen-bond donors (Lipinski definition) is 0. The van der Waals surface area contributed by atoms with E-state index in [1.165, 1.54) is 26.3 Å². The number of rotatable bonds is 4. The Balaban J connectivity index is 1.49. The van der Waals surface area contributed by atoms with Crippen molar-refractivity contribution in [1.82, 2.24) is 9.37 Å². The van der Waals surface area contributed by atoms with Crippen LogP contribution in [0.5, 0.6) is 0 Å². The van der Waals surface area contributed by atoms with Gasteiger partial charge in [-0.05, 0) is 54.3 Å².